The molecule has 2 aromatic heterocycles. The Morgan fingerprint density at radius 1 is 1.08 bits per heavy atom. The van der Waals surface area contributed by atoms with Crippen LogP contribution in [-0.4, -0.2) is 38.5 Å². The molecule has 2 heterocycles. The fraction of sp³-hybridized carbons (Fsp3) is 0.552. The van der Waals surface area contributed by atoms with E-state index in [1.54, 1.807) is 34.6 Å². The zero-order chi connectivity index (χ0) is 29.3. The molecule has 0 aliphatic rings. The van der Waals surface area contributed by atoms with E-state index in [2.05, 4.69) is 0 Å². The highest BCUT2D eigenvalue weighted by Crippen LogP contribution is 2.35. The Bertz CT molecular complexity index is 1430. The monoisotopic (exact) mass is 560 g/mol. The minimum Gasteiger partial charge on any atom is -0.458 e. The predicted molar refractivity (Wildman–Crippen MR) is 152 cm³/mol. The zero-order valence-corrected chi connectivity index (χ0v) is 25.0. The molecule has 0 amide bonds. The summed E-state index contributed by atoms with van der Waals surface area (Å²) in [7, 11) is 0. The number of nitrogens with zero attached hydrogens (tertiary/aromatic N) is 2. The van der Waals surface area contributed by atoms with Gasteiger partial charge < -0.3 is 19.3 Å². The first-order valence-corrected chi connectivity index (χ1v) is 13.9. The van der Waals surface area contributed by atoms with E-state index in [4.69, 9.17) is 14.2 Å². The van der Waals surface area contributed by atoms with Gasteiger partial charge in [-0.1, -0.05) is 30.3 Å². The smallest absolute Gasteiger partial charge is 0.333 e. The first-order valence-electron chi connectivity index (χ1n) is 13.1. The van der Waals surface area contributed by atoms with E-state index in [-0.39, 0.29) is 24.6 Å². The van der Waals surface area contributed by atoms with Crippen molar-refractivity contribution in [2.24, 2.45) is 0 Å². The number of aliphatic hydroxyl groups is 1. The average Bonchev–Trinajstić information content (AvgIpc) is 3.17. The Morgan fingerprint density at radius 3 is 2.23 bits per heavy atom. The summed E-state index contributed by atoms with van der Waals surface area (Å²) < 4.78 is 19.7. The summed E-state index contributed by atoms with van der Waals surface area (Å²) in [5.41, 5.74) is -2.39. The van der Waals surface area contributed by atoms with Crippen molar-refractivity contribution in [3.63, 3.8) is 0 Å². The van der Waals surface area contributed by atoms with Gasteiger partial charge in [-0.2, -0.15) is 0 Å². The van der Waals surface area contributed by atoms with Gasteiger partial charge in [-0.25, -0.2) is 14.2 Å². The number of rotatable bonds is 10. The number of aryl methyl sites for hydroxylation is 1. The summed E-state index contributed by atoms with van der Waals surface area (Å²) >= 11 is 1.12. The summed E-state index contributed by atoms with van der Waals surface area (Å²) in [4.78, 5) is 42.2. The molecule has 2 atom stereocenters. The van der Waals surface area contributed by atoms with E-state index in [0.29, 0.717) is 15.3 Å². The van der Waals surface area contributed by atoms with Crippen molar-refractivity contribution in [2.75, 3.05) is 6.61 Å². The number of carbonyl (C=O) groups excluding carboxylic acids is 1. The van der Waals surface area contributed by atoms with Crippen LogP contribution in [0.3, 0.4) is 0 Å². The van der Waals surface area contributed by atoms with Gasteiger partial charge in [0.25, 0.3) is 5.56 Å². The lowest BCUT2D eigenvalue weighted by molar-refractivity contribution is -0.164. The maximum atomic E-state index is 14.2. The van der Waals surface area contributed by atoms with Crippen LogP contribution in [0.25, 0.3) is 10.2 Å². The fourth-order valence-corrected chi connectivity index (χ4v) is 5.61. The summed E-state index contributed by atoms with van der Waals surface area (Å²) in [5.74, 6) is -0.708. The number of aromatic nitrogens is 2. The predicted octanol–water partition coefficient (Wildman–Crippen LogP) is 4.80. The van der Waals surface area contributed by atoms with Crippen molar-refractivity contribution in [2.45, 2.75) is 98.5 Å². The number of hydrogen-bond acceptors (Lipinski definition) is 8. The highest BCUT2D eigenvalue weighted by molar-refractivity contribution is 7.19. The number of carbonyl (C=O) groups is 1. The highest BCUT2D eigenvalue weighted by Gasteiger charge is 2.39. The quantitative estimate of drug-likeness (QED) is 0.280. The molecule has 0 aliphatic heterocycles. The molecule has 0 saturated heterocycles. The van der Waals surface area contributed by atoms with Gasteiger partial charge in [0.2, 0.25) is 0 Å². The third-order valence-corrected chi connectivity index (χ3v) is 7.56. The van der Waals surface area contributed by atoms with Crippen molar-refractivity contribution in [1.82, 2.24) is 9.13 Å². The van der Waals surface area contributed by atoms with Crippen LogP contribution >= 0.6 is 11.3 Å². The number of esters is 1. The van der Waals surface area contributed by atoms with Crippen LogP contribution in [0.5, 0.6) is 0 Å². The molecule has 3 aromatic rings. The lowest BCUT2D eigenvalue weighted by atomic mass is 10.0. The molecule has 1 aromatic carbocycles. The molecule has 1 N–H and O–H groups in total. The second-order valence-corrected chi connectivity index (χ2v) is 12.3. The Labute approximate surface area is 232 Å². The minimum atomic E-state index is -1.62. The summed E-state index contributed by atoms with van der Waals surface area (Å²) in [6, 6.07) is 9.51. The third-order valence-electron chi connectivity index (χ3n) is 6.21. The van der Waals surface area contributed by atoms with Gasteiger partial charge in [0.05, 0.1) is 22.9 Å². The van der Waals surface area contributed by atoms with Crippen molar-refractivity contribution in [1.29, 1.82) is 0 Å². The van der Waals surface area contributed by atoms with E-state index < -0.39 is 40.8 Å². The average molecular weight is 561 g/mol. The molecule has 10 heteroatoms. The molecule has 1 unspecified atom stereocenters. The van der Waals surface area contributed by atoms with Crippen LogP contribution in [0.15, 0.2) is 39.9 Å². The molecule has 214 valence electrons. The van der Waals surface area contributed by atoms with Gasteiger partial charge in [0, 0.05) is 6.61 Å². The molecule has 3 rings (SSSR count). The Hall–Kier alpha value is -2.79. The van der Waals surface area contributed by atoms with Crippen molar-refractivity contribution in [3.05, 3.63) is 67.2 Å². The van der Waals surface area contributed by atoms with Crippen LogP contribution < -0.4 is 11.2 Å². The fourth-order valence-electron chi connectivity index (χ4n) is 4.37. The molecule has 39 heavy (non-hydrogen) atoms. The Morgan fingerprint density at radius 2 is 1.69 bits per heavy atom. The lowest BCUT2D eigenvalue weighted by Crippen LogP contribution is -2.54. The number of benzene rings is 1. The van der Waals surface area contributed by atoms with E-state index in [1.165, 1.54) is 18.4 Å². The van der Waals surface area contributed by atoms with E-state index in [0.717, 1.165) is 21.5 Å². The second-order valence-electron chi connectivity index (χ2n) is 11.3. The number of fused-ring (bicyclic) bond motifs is 1. The first kappa shape index (κ1) is 30.7. The summed E-state index contributed by atoms with van der Waals surface area (Å²) in [6.45, 7) is 15.8. The number of ether oxygens (including phenoxy) is 3. The SMILES string of the molecule is CCOC(O)c1sc2c(c1C)c(=O)n(C(C)(C)C(=O)OC(C)(C)C)c(=O)n2C[C@H](OC(C)C)c1ccccc1. The molecule has 0 aliphatic carbocycles. The van der Waals surface area contributed by atoms with Crippen LogP contribution in [0.2, 0.25) is 0 Å². The van der Waals surface area contributed by atoms with Gasteiger partial charge in [0.1, 0.15) is 22.1 Å². The van der Waals surface area contributed by atoms with Crippen LogP contribution in [0.1, 0.15) is 83.8 Å². The first-order chi connectivity index (χ1) is 18.1. The molecule has 0 fully saturated rings. The van der Waals surface area contributed by atoms with Gasteiger partial charge in [-0.15, -0.1) is 11.3 Å². The lowest BCUT2D eigenvalue weighted by Gasteiger charge is -2.30. The molecular weight excluding hydrogens is 520 g/mol. The van der Waals surface area contributed by atoms with Crippen molar-refractivity contribution >= 4 is 27.5 Å². The molecule has 0 bridgehead atoms. The van der Waals surface area contributed by atoms with Crippen molar-refractivity contribution in [3.8, 4) is 0 Å². The highest BCUT2D eigenvalue weighted by atomic mass is 32.1. The number of thiophene rings is 1. The zero-order valence-electron chi connectivity index (χ0n) is 24.2. The topological polar surface area (TPSA) is 109 Å². The second kappa shape index (κ2) is 11.8. The van der Waals surface area contributed by atoms with Crippen LogP contribution in [0, 0.1) is 6.92 Å². The van der Waals surface area contributed by atoms with Gasteiger partial charge in [-0.05, 0) is 73.4 Å². The molecular formula is C29H40N2O7S. The summed E-state index contributed by atoms with van der Waals surface area (Å²) in [5, 5.41) is 10.9. The molecule has 0 spiro atoms. The molecule has 0 radical (unpaired) electrons. The van der Waals surface area contributed by atoms with E-state index in [9.17, 15) is 19.5 Å². The maximum absolute atomic E-state index is 14.2. The maximum Gasteiger partial charge on any atom is 0.333 e. The number of hydrogen-bond donors (Lipinski definition) is 1. The third kappa shape index (κ3) is 6.51. The van der Waals surface area contributed by atoms with Gasteiger partial charge in [0.15, 0.2) is 6.29 Å². The summed E-state index contributed by atoms with van der Waals surface area (Å²) in [6.07, 6.45) is -1.93. The van der Waals surface area contributed by atoms with Gasteiger partial charge >= 0.3 is 11.7 Å². The largest absolute Gasteiger partial charge is 0.458 e. The number of aliphatic hydroxyl groups excluding tert-OH is 1. The molecule has 0 saturated carbocycles. The van der Waals surface area contributed by atoms with E-state index in [1.807, 2.05) is 44.2 Å². The minimum absolute atomic E-state index is 0.0757. The standard InChI is InChI=1S/C29H40N2O7S/c1-10-36-25(33)22-18(4)21-23(32)31(29(8,9)26(34)38-28(5,6)7)27(35)30(24(21)39-22)16-20(37-17(2)3)19-14-12-11-13-15-19/h11-15,17,20,25,33H,10,16H2,1-9H3/t20-,25?/m0/s1. The molecule has 9 nitrogen and oxygen atoms in total. The normalized spacial score (nSPS) is 14.1. The van der Waals surface area contributed by atoms with E-state index >= 15 is 0 Å². The Kier molecular flexibility index (Phi) is 9.27. The van der Waals surface area contributed by atoms with Crippen LogP contribution in [0.4, 0.5) is 0 Å². The Balaban J connectivity index is 2.36. The van der Waals surface area contributed by atoms with Crippen LogP contribution in [-0.2, 0) is 31.1 Å². The van der Waals surface area contributed by atoms with Crippen molar-refractivity contribution < 1.29 is 24.1 Å². The van der Waals surface area contributed by atoms with Gasteiger partial charge in [-0.3, -0.25) is 9.36 Å².